The molecule has 0 saturated carbocycles. The lowest BCUT2D eigenvalue weighted by Crippen LogP contribution is -2.32. The molecule has 2 aliphatic heterocycles. The Kier molecular flexibility index (Phi) is 4.20. The van der Waals surface area contributed by atoms with Crippen molar-refractivity contribution in [2.24, 2.45) is 9.98 Å². The lowest BCUT2D eigenvalue weighted by atomic mass is 10.1. The number of hydrogen-bond donors (Lipinski definition) is 1. The molecule has 26 heavy (non-hydrogen) atoms. The molecule has 1 N–H and O–H groups in total. The second-order valence-electron chi connectivity index (χ2n) is 6.12. The van der Waals surface area contributed by atoms with E-state index in [9.17, 15) is 4.79 Å². The van der Waals surface area contributed by atoms with Crippen LogP contribution in [0.15, 0.2) is 38.7 Å². The zero-order valence-corrected chi connectivity index (χ0v) is 14.8. The van der Waals surface area contributed by atoms with Gasteiger partial charge in [-0.25, -0.2) is 4.99 Å². The lowest BCUT2D eigenvalue weighted by Gasteiger charge is -2.18. The number of fused-ring (bicyclic) bond motifs is 3. The largest absolute Gasteiger partial charge is 0.494 e. The highest BCUT2D eigenvalue weighted by Crippen LogP contribution is 2.34. The molecule has 0 atom stereocenters. The Hall–Kier alpha value is -3.09. The van der Waals surface area contributed by atoms with E-state index in [1.54, 1.807) is 13.3 Å². The second-order valence-corrected chi connectivity index (χ2v) is 6.12. The molecule has 0 fully saturated rings. The Morgan fingerprint density at radius 3 is 2.92 bits per heavy atom. The first-order valence-electron chi connectivity index (χ1n) is 8.66. The molecule has 3 heterocycles. The molecule has 7 heteroatoms. The van der Waals surface area contributed by atoms with Crippen molar-refractivity contribution in [1.29, 1.82) is 0 Å². The quantitative estimate of drug-likeness (QED) is 0.897. The van der Waals surface area contributed by atoms with Gasteiger partial charge in [-0.2, -0.15) is 0 Å². The topological polar surface area (TPSA) is 79.4 Å². The molecular formula is C19H20N4O3. The molecule has 134 valence electrons. The number of amides is 1. The Labute approximate surface area is 151 Å². The summed E-state index contributed by atoms with van der Waals surface area (Å²) in [5.41, 5.74) is 2.19. The minimum atomic E-state index is -0.187. The molecule has 0 unspecified atom stereocenters. The third-order valence-corrected chi connectivity index (χ3v) is 4.39. The minimum absolute atomic E-state index is 0.187. The SMILES string of the molecule is CCOc1ccc(CNC(=O)c2c(C)oc3c2C2=NCCN2C=N3)cc1. The molecule has 1 aromatic carbocycles. The van der Waals surface area contributed by atoms with Crippen molar-refractivity contribution >= 4 is 24.0 Å². The fourth-order valence-electron chi connectivity index (χ4n) is 3.16. The molecule has 0 spiro atoms. The van der Waals surface area contributed by atoms with Gasteiger partial charge in [-0.15, -0.1) is 0 Å². The number of carbonyl (C=O) groups is 1. The van der Waals surface area contributed by atoms with Crippen molar-refractivity contribution in [3.8, 4) is 5.75 Å². The first-order valence-corrected chi connectivity index (χ1v) is 8.66. The van der Waals surface area contributed by atoms with E-state index in [1.807, 2.05) is 36.1 Å². The van der Waals surface area contributed by atoms with Gasteiger partial charge >= 0.3 is 0 Å². The molecule has 1 amide bonds. The Bertz CT molecular complexity index is 896. The number of nitrogens with zero attached hydrogens (tertiary/aromatic N) is 3. The van der Waals surface area contributed by atoms with Crippen LogP contribution in [0.5, 0.6) is 5.75 Å². The van der Waals surface area contributed by atoms with Crippen molar-refractivity contribution in [3.63, 3.8) is 0 Å². The van der Waals surface area contributed by atoms with Crippen LogP contribution in [0.25, 0.3) is 0 Å². The van der Waals surface area contributed by atoms with Crippen molar-refractivity contribution in [2.75, 3.05) is 19.7 Å². The third-order valence-electron chi connectivity index (χ3n) is 4.39. The molecule has 2 aliphatic rings. The van der Waals surface area contributed by atoms with Crippen LogP contribution in [0.4, 0.5) is 5.88 Å². The number of hydrogen-bond acceptors (Lipinski definition) is 6. The summed E-state index contributed by atoms with van der Waals surface area (Å²) >= 11 is 0. The maximum absolute atomic E-state index is 12.8. The monoisotopic (exact) mass is 352 g/mol. The number of carbonyl (C=O) groups excluding carboxylic acids is 1. The fourth-order valence-corrected chi connectivity index (χ4v) is 3.16. The normalized spacial score (nSPS) is 14.7. The van der Waals surface area contributed by atoms with E-state index in [1.165, 1.54) is 0 Å². The number of furan rings is 1. The summed E-state index contributed by atoms with van der Waals surface area (Å²) in [5.74, 6) is 2.39. The van der Waals surface area contributed by atoms with Gasteiger partial charge in [0.1, 0.15) is 23.7 Å². The molecule has 4 rings (SSSR count). The van der Waals surface area contributed by atoms with E-state index < -0.39 is 0 Å². The zero-order chi connectivity index (χ0) is 18.1. The van der Waals surface area contributed by atoms with Crippen molar-refractivity contribution in [1.82, 2.24) is 10.2 Å². The Morgan fingerprint density at radius 1 is 1.35 bits per heavy atom. The van der Waals surface area contributed by atoms with Crippen LogP contribution in [-0.2, 0) is 6.54 Å². The number of benzene rings is 1. The molecule has 0 aliphatic carbocycles. The van der Waals surface area contributed by atoms with Gasteiger partial charge in [0.15, 0.2) is 0 Å². The van der Waals surface area contributed by atoms with Crippen molar-refractivity contribution < 1.29 is 13.9 Å². The molecule has 1 aromatic heterocycles. The molecule has 0 bridgehead atoms. The Morgan fingerprint density at radius 2 is 2.15 bits per heavy atom. The summed E-state index contributed by atoms with van der Waals surface area (Å²) in [5, 5.41) is 2.96. The van der Waals surface area contributed by atoms with Gasteiger partial charge in [0.25, 0.3) is 5.91 Å². The molecule has 0 saturated heterocycles. The highest BCUT2D eigenvalue weighted by molar-refractivity contribution is 6.17. The summed E-state index contributed by atoms with van der Waals surface area (Å²) < 4.78 is 11.1. The molecule has 7 nitrogen and oxygen atoms in total. The van der Waals surface area contributed by atoms with Gasteiger partial charge in [0.05, 0.1) is 24.3 Å². The summed E-state index contributed by atoms with van der Waals surface area (Å²) in [6.45, 7) is 6.24. The number of aliphatic imine (C=N–C) groups is 2. The minimum Gasteiger partial charge on any atom is -0.494 e. The van der Waals surface area contributed by atoms with Crippen LogP contribution >= 0.6 is 0 Å². The molecule has 0 radical (unpaired) electrons. The fraction of sp³-hybridized carbons (Fsp3) is 0.316. The first kappa shape index (κ1) is 16.4. The van der Waals surface area contributed by atoms with Crippen LogP contribution in [0.3, 0.4) is 0 Å². The van der Waals surface area contributed by atoms with Crippen LogP contribution in [0.1, 0.15) is 34.2 Å². The Balaban J connectivity index is 1.52. The molecular weight excluding hydrogens is 332 g/mol. The number of nitrogens with one attached hydrogen (secondary N) is 1. The predicted molar refractivity (Wildman–Crippen MR) is 98.5 cm³/mol. The predicted octanol–water partition coefficient (Wildman–Crippen LogP) is 2.65. The third kappa shape index (κ3) is 2.85. The van der Waals surface area contributed by atoms with Gasteiger partial charge in [0, 0.05) is 13.1 Å². The summed E-state index contributed by atoms with van der Waals surface area (Å²) in [7, 11) is 0. The smallest absolute Gasteiger partial charge is 0.255 e. The van der Waals surface area contributed by atoms with Crippen LogP contribution in [0, 0.1) is 6.92 Å². The molecule has 2 aromatic rings. The van der Waals surface area contributed by atoms with Gasteiger partial charge in [0.2, 0.25) is 5.88 Å². The zero-order valence-electron chi connectivity index (χ0n) is 14.8. The van der Waals surface area contributed by atoms with E-state index in [0.29, 0.717) is 42.5 Å². The summed E-state index contributed by atoms with van der Waals surface area (Å²) in [4.78, 5) is 23.6. The van der Waals surface area contributed by atoms with Crippen LogP contribution in [0.2, 0.25) is 0 Å². The highest BCUT2D eigenvalue weighted by Gasteiger charge is 2.33. The van der Waals surface area contributed by atoms with Crippen LogP contribution < -0.4 is 10.1 Å². The number of ether oxygens (including phenoxy) is 1. The van der Waals surface area contributed by atoms with E-state index in [2.05, 4.69) is 15.3 Å². The summed E-state index contributed by atoms with van der Waals surface area (Å²) in [6.07, 6.45) is 1.71. The van der Waals surface area contributed by atoms with E-state index in [0.717, 1.165) is 23.7 Å². The standard InChI is InChI=1S/C19H20N4O3/c1-3-25-14-6-4-13(5-7-14)10-21-18(24)15-12(2)26-19-16(15)17-20-8-9-23(17)11-22-19/h4-7,11H,3,8-10H2,1-2H3,(H,21,24). The number of rotatable bonds is 5. The lowest BCUT2D eigenvalue weighted by molar-refractivity contribution is 0.0949. The van der Waals surface area contributed by atoms with Gasteiger partial charge in [-0.05, 0) is 31.5 Å². The van der Waals surface area contributed by atoms with Gasteiger partial charge in [-0.1, -0.05) is 12.1 Å². The number of amidine groups is 1. The van der Waals surface area contributed by atoms with E-state index in [-0.39, 0.29) is 5.91 Å². The average molecular weight is 352 g/mol. The highest BCUT2D eigenvalue weighted by atomic mass is 16.5. The second kappa shape index (κ2) is 6.67. The number of aryl methyl sites for hydroxylation is 1. The maximum Gasteiger partial charge on any atom is 0.255 e. The van der Waals surface area contributed by atoms with Crippen molar-refractivity contribution in [2.45, 2.75) is 20.4 Å². The van der Waals surface area contributed by atoms with Gasteiger partial charge in [-0.3, -0.25) is 9.79 Å². The maximum atomic E-state index is 12.8. The van der Waals surface area contributed by atoms with E-state index in [4.69, 9.17) is 9.15 Å². The first-order chi connectivity index (χ1) is 12.7. The van der Waals surface area contributed by atoms with Gasteiger partial charge < -0.3 is 19.4 Å². The van der Waals surface area contributed by atoms with E-state index >= 15 is 0 Å². The van der Waals surface area contributed by atoms with Crippen molar-refractivity contribution in [3.05, 3.63) is 46.7 Å². The van der Waals surface area contributed by atoms with Crippen LogP contribution in [-0.4, -0.2) is 42.7 Å². The summed E-state index contributed by atoms with van der Waals surface area (Å²) in [6, 6.07) is 7.68. The average Bonchev–Trinajstić information content (AvgIpc) is 3.24.